The van der Waals surface area contributed by atoms with Crippen molar-refractivity contribution in [3.63, 3.8) is 0 Å². The smallest absolute Gasteiger partial charge is 0.261 e. The van der Waals surface area contributed by atoms with E-state index >= 15 is 0 Å². The summed E-state index contributed by atoms with van der Waals surface area (Å²) in [7, 11) is 0. The molecule has 1 amide bonds. The lowest BCUT2D eigenvalue weighted by Gasteiger charge is -2.06. The Morgan fingerprint density at radius 3 is 2.93 bits per heavy atom. The molecule has 8 heteroatoms. The number of para-hydroxylation sites is 1. The van der Waals surface area contributed by atoms with E-state index in [1.165, 1.54) is 22.2 Å². The van der Waals surface area contributed by atoms with E-state index in [1.807, 2.05) is 31.2 Å². The summed E-state index contributed by atoms with van der Waals surface area (Å²) in [6.45, 7) is 2.38. The van der Waals surface area contributed by atoms with E-state index in [-0.39, 0.29) is 18.0 Å². The summed E-state index contributed by atoms with van der Waals surface area (Å²) in [6.07, 6.45) is 1.39. The molecule has 0 atom stereocenters. The molecule has 0 aliphatic rings. The van der Waals surface area contributed by atoms with Crippen molar-refractivity contribution in [2.24, 2.45) is 0 Å². The Morgan fingerprint density at radius 1 is 1.22 bits per heavy atom. The number of carbonyl (C=O) groups excluding carboxylic acids is 1. The van der Waals surface area contributed by atoms with Crippen molar-refractivity contribution in [3.05, 3.63) is 59.1 Å². The fraction of sp³-hybridized carbons (Fsp3) is 0.158. The molecule has 0 radical (unpaired) electrons. The topological polar surface area (TPSA) is 86.1 Å². The average molecular weight is 380 g/mol. The van der Waals surface area contributed by atoms with Gasteiger partial charge in [0.1, 0.15) is 12.3 Å². The molecule has 2 heterocycles. The molecule has 2 aromatic carbocycles. The Labute approximate surface area is 158 Å². The lowest BCUT2D eigenvalue weighted by atomic mass is 10.2. The molecule has 0 unspecified atom stereocenters. The number of fused-ring (bicyclic) bond motifs is 2. The fourth-order valence-electron chi connectivity index (χ4n) is 2.75. The molecule has 0 bridgehead atoms. The highest BCUT2D eigenvalue weighted by Crippen LogP contribution is 2.29. The number of hydrogen-bond donors (Lipinski definition) is 1. The summed E-state index contributed by atoms with van der Waals surface area (Å²) >= 11 is 1.36. The zero-order valence-electron chi connectivity index (χ0n) is 14.5. The molecule has 2 aromatic heterocycles. The van der Waals surface area contributed by atoms with Crippen LogP contribution in [-0.2, 0) is 11.3 Å². The predicted molar refractivity (Wildman–Crippen MR) is 105 cm³/mol. The van der Waals surface area contributed by atoms with Crippen molar-refractivity contribution in [3.8, 4) is 5.75 Å². The van der Waals surface area contributed by atoms with Gasteiger partial charge in [-0.15, -0.1) is 0 Å². The van der Waals surface area contributed by atoms with Crippen molar-refractivity contribution in [2.75, 3.05) is 11.9 Å². The molecule has 0 saturated heterocycles. The van der Waals surface area contributed by atoms with Crippen molar-refractivity contribution < 1.29 is 9.53 Å². The van der Waals surface area contributed by atoms with Gasteiger partial charge in [-0.05, 0) is 37.3 Å². The third-order valence-electron chi connectivity index (χ3n) is 3.96. The number of hydrogen-bond acceptors (Lipinski definition) is 6. The first-order valence-corrected chi connectivity index (χ1v) is 9.23. The maximum atomic E-state index is 12.5. The van der Waals surface area contributed by atoms with Crippen molar-refractivity contribution >= 4 is 43.5 Å². The van der Waals surface area contributed by atoms with Crippen molar-refractivity contribution in [1.29, 1.82) is 0 Å². The van der Waals surface area contributed by atoms with E-state index in [0.29, 0.717) is 22.6 Å². The molecule has 4 rings (SSSR count). The van der Waals surface area contributed by atoms with Crippen LogP contribution in [0.25, 0.3) is 21.1 Å². The van der Waals surface area contributed by atoms with Gasteiger partial charge in [0.25, 0.3) is 5.56 Å². The highest BCUT2D eigenvalue weighted by molar-refractivity contribution is 7.22. The number of nitrogens with zero attached hydrogens (tertiary/aromatic N) is 3. The van der Waals surface area contributed by atoms with Gasteiger partial charge < -0.3 is 10.1 Å². The van der Waals surface area contributed by atoms with Gasteiger partial charge in [-0.1, -0.05) is 23.5 Å². The van der Waals surface area contributed by atoms with Gasteiger partial charge in [0, 0.05) is 0 Å². The van der Waals surface area contributed by atoms with Gasteiger partial charge in [-0.3, -0.25) is 14.2 Å². The number of amides is 1. The Bertz CT molecular complexity index is 1200. The monoisotopic (exact) mass is 380 g/mol. The summed E-state index contributed by atoms with van der Waals surface area (Å²) in [5.41, 5.74) is 1.14. The van der Waals surface area contributed by atoms with E-state index in [4.69, 9.17) is 4.74 Å². The number of nitrogens with one attached hydrogen (secondary N) is 1. The summed E-state index contributed by atoms with van der Waals surface area (Å²) in [6, 6.07) is 12.6. The van der Waals surface area contributed by atoms with Gasteiger partial charge in [0.2, 0.25) is 5.91 Å². The second kappa shape index (κ2) is 7.16. The summed E-state index contributed by atoms with van der Waals surface area (Å²) in [4.78, 5) is 33.4. The van der Waals surface area contributed by atoms with Gasteiger partial charge >= 0.3 is 0 Å². The van der Waals surface area contributed by atoms with Crippen LogP contribution < -0.4 is 15.6 Å². The summed E-state index contributed by atoms with van der Waals surface area (Å²) in [5, 5.41) is 3.71. The SMILES string of the molecule is CCOc1ccc2nc(NC(=O)Cn3cnc4ccccc4c3=O)sc2c1. The van der Waals surface area contributed by atoms with Crippen LogP contribution in [0.5, 0.6) is 5.75 Å². The quantitative estimate of drug-likeness (QED) is 0.575. The number of carbonyl (C=O) groups is 1. The average Bonchev–Trinajstić information content (AvgIpc) is 3.06. The maximum Gasteiger partial charge on any atom is 0.261 e. The first-order chi connectivity index (χ1) is 13.1. The van der Waals surface area contributed by atoms with Crippen LogP contribution in [-0.4, -0.2) is 27.0 Å². The van der Waals surface area contributed by atoms with Crippen molar-refractivity contribution in [1.82, 2.24) is 14.5 Å². The highest BCUT2D eigenvalue weighted by atomic mass is 32.1. The van der Waals surface area contributed by atoms with Crippen molar-refractivity contribution in [2.45, 2.75) is 13.5 Å². The predicted octanol–water partition coefficient (Wildman–Crippen LogP) is 3.04. The van der Waals surface area contributed by atoms with Gasteiger partial charge in [-0.2, -0.15) is 0 Å². The van der Waals surface area contributed by atoms with Crippen LogP contribution in [0.2, 0.25) is 0 Å². The lowest BCUT2D eigenvalue weighted by Crippen LogP contribution is -2.27. The Morgan fingerprint density at radius 2 is 2.07 bits per heavy atom. The zero-order chi connectivity index (χ0) is 18.8. The van der Waals surface area contributed by atoms with Crippen LogP contribution in [0.4, 0.5) is 5.13 Å². The van der Waals surface area contributed by atoms with Crippen LogP contribution in [0, 0.1) is 0 Å². The molecule has 1 N–H and O–H groups in total. The molecule has 0 saturated carbocycles. The Kier molecular flexibility index (Phi) is 4.55. The molecular weight excluding hydrogens is 364 g/mol. The van der Waals surface area contributed by atoms with Crippen LogP contribution in [0.1, 0.15) is 6.92 Å². The molecular formula is C19H16N4O3S. The van der Waals surface area contributed by atoms with Gasteiger partial charge in [-0.25, -0.2) is 9.97 Å². The van der Waals surface area contributed by atoms with E-state index in [9.17, 15) is 9.59 Å². The zero-order valence-corrected chi connectivity index (χ0v) is 15.3. The van der Waals surface area contributed by atoms with E-state index in [2.05, 4.69) is 15.3 Å². The molecule has 136 valence electrons. The Hall–Kier alpha value is -3.26. The first kappa shape index (κ1) is 17.2. The molecule has 0 aliphatic carbocycles. The van der Waals surface area contributed by atoms with E-state index in [1.54, 1.807) is 18.2 Å². The second-order valence-corrected chi connectivity index (χ2v) is 6.86. The largest absolute Gasteiger partial charge is 0.494 e. The van der Waals surface area contributed by atoms with Crippen LogP contribution in [0.3, 0.4) is 0 Å². The van der Waals surface area contributed by atoms with E-state index < -0.39 is 0 Å². The minimum atomic E-state index is -0.335. The molecule has 7 nitrogen and oxygen atoms in total. The number of anilines is 1. The number of aromatic nitrogens is 3. The first-order valence-electron chi connectivity index (χ1n) is 8.41. The number of thiazole rings is 1. The molecule has 0 aliphatic heterocycles. The normalized spacial score (nSPS) is 11.0. The third kappa shape index (κ3) is 3.52. The highest BCUT2D eigenvalue weighted by Gasteiger charge is 2.11. The number of benzene rings is 2. The number of ether oxygens (including phenoxy) is 1. The molecule has 27 heavy (non-hydrogen) atoms. The second-order valence-electron chi connectivity index (χ2n) is 5.82. The van der Waals surface area contributed by atoms with Crippen LogP contribution in [0.15, 0.2) is 53.6 Å². The van der Waals surface area contributed by atoms with Gasteiger partial charge in [0.05, 0.1) is 34.1 Å². The summed E-state index contributed by atoms with van der Waals surface area (Å²) in [5.74, 6) is 0.429. The standard InChI is InChI=1S/C19H16N4O3S/c1-2-26-12-7-8-15-16(9-12)27-19(21-15)22-17(24)10-23-11-20-14-6-4-3-5-13(14)18(23)25/h3-9,11H,2,10H2,1H3,(H,21,22,24). The molecule has 0 fully saturated rings. The fourth-order valence-corrected chi connectivity index (χ4v) is 3.66. The molecule has 4 aromatic rings. The minimum absolute atomic E-state index is 0.128. The molecule has 0 spiro atoms. The Balaban J connectivity index is 1.53. The minimum Gasteiger partial charge on any atom is -0.494 e. The lowest BCUT2D eigenvalue weighted by molar-refractivity contribution is -0.116. The number of rotatable bonds is 5. The van der Waals surface area contributed by atoms with Gasteiger partial charge in [0.15, 0.2) is 5.13 Å². The van der Waals surface area contributed by atoms with E-state index in [0.717, 1.165) is 16.0 Å². The van der Waals surface area contributed by atoms with Crippen LogP contribution >= 0.6 is 11.3 Å². The third-order valence-corrected chi connectivity index (χ3v) is 4.90. The summed E-state index contributed by atoms with van der Waals surface area (Å²) < 4.78 is 7.69. The maximum absolute atomic E-state index is 12.5.